The molecule has 244 valence electrons. The van der Waals surface area contributed by atoms with E-state index in [4.69, 9.17) is 16.3 Å². The molecule has 1 aromatic heterocycles. The molecule has 0 atom stereocenters. The fourth-order valence-electron chi connectivity index (χ4n) is 5.39. The van der Waals surface area contributed by atoms with E-state index in [-0.39, 0.29) is 23.4 Å². The van der Waals surface area contributed by atoms with Gasteiger partial charge in [-0.1, -0.05) is 41.9 Å². The van der Waals surface area contributed by atoms with Crippen LogP contribution in [0.25, 0.3) is 11.1 Å². The SMILES string of the molecule is O=C(Oc1ccc(Cl)cc1)c1ccc(NC(=O)c2csc(C3CCN(C(=O)c4ccccc4-c4ccc(C(F)(F)F)cc4)CC3)n2)cc1. The summed E-state index contributed by atoms with van der Waals surface area (Å²) >= 11 is 7.25. The van der Waals surface area contributed by atoms with Crippen molar-refractivity contribution in [3.05, 3.63) is 135 Å². The average molecular weight is 690 g/mol. The Morgan fingerprint density at radius 1 is 0.875 bits per heavy atom. The van der Waals surface area contributed by atoms with E-state index in [2.05, 4.69) is 10.3 Å². The van der Waals surface area contributed by atoms with Gasteiger partial charge < -0.3 is 15.0 Å². The number of benzene rings is 4. The second kappa shape index (κ2) is 14.0. The highest BCUT2D eigenvalue weighted by molar-refractivity contribution is 7.10. The molecule has 1 N–H and O–H groups in total. The number of nitrogens with zero attached hydrogens (tertiary/aromatic N) is 2. The van der Waals surface area contributed by atoms with Crippen molar-refractivity contribution in [2.45, 2.75) is 24.9 Å². The van der Waals surface area contributed by atoms with Crippen LogP contribution >= 0.6 is 22.9 Å². The molecule has 48 heavy (non-hydrogen) atoms. The summed E-state index contributed by atoms with van der Waals surface area (Å²) in [5.74, 6) is -0.693. The number of anilines is 1. The molecule has 0 saturated carbocycles. The number of ether oxygens (including phenoxy) is 1. The zero-order valence-corrected chi connectivity index (χ0v) is 26.7. The van der Waals surface area contributed by atoms with Crippen molar-refractivity contribution in [3.8, 4) is 16.9 Å². The lowest BCUT2D eigenvalue weighted by Crippen LogP contribution is -2.38. The number of carbonyl (C=O) groups is 3. The number of nitrogens with one attached hydrogen (secondary N) is 1. The van der Waals surface area contributed by atoms with E-state index < -0.39 is 17.7 Å². The van der Waals surface area contributed by atoms with Crippen LogP contribution in [-0.4, -0.2) is 40.8 Å². The summed E-state index contributed by atoms with van der Waals surface area (Å²) in [6.07, 6.45) is -3.14. The van der Waals surface area contributed by atoms with Gasteiger partial charge in [0.05, 0.1) is 16.1 Å². The molecule has 1 saturated heterocycles. The first-order valence-electron chi connectivity index (χ1n) is 15.0. The molecule has 6 rings (SSSR count). The third kappa shape index (κ3) is 7.58. The largest absolute Gasteiger partial charge is 0.423 e. The van der Waals surface area contributed by atoms with Gasteiger partial charge in [-0.3, -0.25) is 9.59 Å². The highest BCUT2D eigenvalue weighted by Gasteiger charge is 2.31. The Kier molecular flexibility index (Phi) is 9.61. The maximum Gasteiger partial charge on any atom is 0.416 e. The smallest absolute Gasteiger partial charge is 0.416 e. The third-order valence-electron chi connectivity index (χ3n) is 7.97. The van der Waals surface area contributed by atoms with Crippen molar-refractivity contribution < 1.29 is 32.3 Å². The van der Waals surface area contributed by atoms with Crippen LogP contribution in [0.1, 0.15) is 60.5 Å². The average Bonchev–Trinajstić information content (AvgIpc) is 3.60. The normalized spacial score (nSPS) is 13.6. The first kappa shape index (κ1) is 32.9. The van der Waals surface area contributed by atoms with Gasteiger partial charge in [0, 0.05) is 40.7 Å². The number of hydrogen-bond acceptors (Lipinski definition) is 6. The van der Waals surface area contributed by atoms with Gasteiger partial charge >= 0.3 is 12.1 Å². The van der Waals surface area contributed by atoms with Gasteiger partial charge in [0.15, 0.2) is 0 Å². The number of amides is 2. The lowest BCUT2D eigenvalue weighted by Gasteiger charge is -2.31. The number of hydrogen-bond donors (Lipinski definition) is 1. The Morgan fingerprint density at radius 2 is 1.54 bits per heavy atom. The Balaban J connectivity index is 1.03. The summed E-state index contributed by atoms with van der Waals surface area (Å²) in [5, 5.41) is 5.82. The zero-order valence-electron chi connectivity index (χ0n) is 25.2. The number of aromatic nitrogens is 1. The van der Waals surface area contributed by atoms with Crippen LogP contribution in [0.3, 0.4) is 0 Å². The molecule has 5 aromatic rings. The molecular formula is C36H27ClF3N3O4S. The molecule has 0 aliphatic carbocycles. The number of piperidine rings is 1. The summed E-state index contributed by atoms with van der Waals surface area (Å²) in [6, 6.07) is 24.4. The summed E-state index contributed by atoms with van der Waals surface area (Å²) in [5.41, 5.74) is 1.85. The lowest BCUT2D eigenvalue weighted by molar-refractivity contribution is -0.137. The van der Waals surface area contributed by atoms with E-state index in [0.717, 1.165) is 17.1 Å². The third-order valence-corrected chi connectivity index (χ3v) is 9.23. The van der Waals surface area contributed by atoms with E-state index in [1.807, 2.05) is 0 Å². The number of esters is 1. The molecule has 2 amide bonds. The van der Waals surface area contributed by atoms with Crippen LogP contribution in [0.2, 0.25) is 5.02 Å². The minimum atomic E-state index is -4.44. The van der Waals surface area contributed by atoms with E-state index in [0.29, 0.717) is 64.6 Å². The number of halogens is 4. The molecule has 12 heteroatoms. The maximum absolute atomic E-state index is 13.5. The van der Waals surface area contributed by atoms with Crippen molar-refractivity contribution in [3.63, 3.8) is 0 Å². The number of thiazole rings is 1. The molecule has 1 aliphatic rings. The number of likely N-dealkylation sites (tertiary alicyclic amines) is 1. The molecular weight excluding hydrogens is 663 g/mol. The van der Waals surface area contributed by atoms with E-state index in [9.17, 15) is 27.6 Å². The maximum atomic E-state index is 13.5. The second-order valence-corrected chi connectivity index (χ2v) is 12.5. The second-order valence-electron chi connectivity index (χ2n) is 11.1. The van der Waals surface area contributed by atoms with Gasteiger partial charge in [-0.2, -0.15) is 13.2 Å². The van der Waals surface area contributed by atoms with Crippen molar-refractivity contribution in [2.75, 3.05) is 18.4 Å². The Morgan fingerprint density at radius 3 is 2.21 bits per heavy atom. The first-order chi connectivity index (χ1) is 23.0. The van der Waals surface area contributed by atoms with Crippen LogP contribution in [0, 0.1) is 0 Å². The van der Waals surface area contributed by atoms with Crippen molar-refractivity contribution in [1.29, 1.82) is 0 Å². The lowest BCUT2D eigenvalue weighted by atomic mass is 9.94. The summed E-state index contributed by atoms with van der Waals surface area (Å²) < 4.78 is 44.5. The van der Waals surface area contributed by atoms with Gasteiger partial charge in [0.2, 0.25) is 0 Å². The predicted octanol–water partition coefficient (Wildman–Crippen LogP) is 8.97. The first-order valence-corrected chi connectivity index (χ1v) is 16.2. The Bertz CT molecular complexity index is 1940. The predicted molar refractivity (Wildman–Crippen MR) is 178 cm³/mol. The quantitative estimate of drug-likeness (QED) is 0.136. The summed E-state index contributed by atoms with van der Waals surface area (Å²) in [7, 11) is 0. The van der Waals surface area contributed by atoms with E-state index >= 15 is 0 Å². The molecule has 4 aromatic carbocycles. The molecule has 0 unspecified atom stereocenters. The number of carbonyl (C=O) groups excluding carboxylic acids is 3. The minimum absolute atomic E-state index is 0.0664. The number of alkyl halides is 3. The van der Waals surface area contributed by atoms with Crippen LogP contribution in [-0.2, 0) is 6.18 Å². The Labute approximate surface area is 283 Å². The highest BCUT2D eigenvalue weighted by atomic mass is 35.5. The van der Waals surface area contributed by atoms with E-state index in [1.54, 1.807) is 83.1 Å². The van der Waals surface area contributed by atoms with Gasteiger partial charge in [-0.15, -0.1) is 11.3 Å². The molecule has 0 radical (unpaired) electrons. The van der Waals surface area contributed by atoms with E-state index in [1.165, 1.54) is 23.5 Å². The molecule has 7 nitrogen and oxygen atoms in total. The fourth-order valence-corrected chi connectivity index (χ4v) is 6.49. The van der Waals surface area contributed by atoms with Gasteiger partial charge in [0.25, 0.3) is 11.8 Å². The standard InChI is InChI=1S/C36H27ClF3N3O4S/c37-26-11-15-28(16-12-26)47-35(46)24-7-13-27(14-8-24)41-32(44)31-21-48-33(42-31)23-17-19-43(20-18-23)34(45)30-4-2-1-3-29(30)22-5-9-25(10-6-22)36(38,39)40/h1-16,21,23H,17-20H2,(H,41,44). The topological polar surface area (TPSA) is 88.6 Å². The molecule has 2 heterocycles. The zero-order chi connectivity index (χ0) is 33.8. The fraction of sp³-hybridized carbons (Fsp3) is 0.167. The highest BCUT2D eigenvalue weighted by Crippen LogP contribution is 2.34. The molecule has 1 fully saturated rings. The van der Waals surface area contributed by atoms with Gasteiger partial charge in [-0.05, 0) is 90.7 Å². The van der Waals surface area contributed by atoms with Crippen molar-refractivity contribution in [1.82, 2.24) is 9.88 Å². The van der Waals surface area contributed by atoms with Gasteiger partial charge in [0.1, 0.15) is 11.4 Å². The summed E-state index contributed by atoms with van der Waals surface area (Å²) in [4.78, 5) is 45.2. The van der Waals surface area contributed by atoms with Gasteiger partial charge in [-0.25, -0.2) is 9.78 Å². The van der Waals surface area contributed by atoms with Crippen LogP contribution in [0.4, 0.5) is 18.9 Å². The van der Waals surface area contributed by atoms with Crippen LogP contribution < -0.4 is 10.1 Å². The van der Waals surface area contributed by atoms with Crippen LogP contribution in [0.5, 0.6) is 5.75 Å². The molecule has 1 aliphatic heterocycles. The molecule has 0 spiro atoms. The van der Waals surface area contributed by atoms with Crippen molar-refractivity contribution in [2.24, 2.45) is 0 Å². The minimum Gasteiger partial charge on any atom is -0.423 e. The van der Waals surface area contributed by atoms with Crippen LogP contribution in [0.15, 0.2) is 102 Å². The summed E-state index contributed by atoms with van der Waals surface area (Å²) in [6.45, 7) is 0.942. The van der Waals surface area contributed by atoms with Crippen molar-refractivity contribution >= 4 is 46.4 Å². The number of rotatable bonds is 7. The monoisotopic (exact) mass is 689 g/mol. The Hall–Kier alpha value is -5.00. The molecule has 0 bridgehead atoms.